The number of nitrogens with zero attached hydrogens (tertiary/aromatic N) is 1. The van der Waals surface area contributed by atoms with E-state index >= 15 is 0 Å². The summed E-state index contributed by atoms with van der Waals surface area (Å²) in [6.45, 7) is 13.7. The molecule has 3 nitrogen and oxygen atoms in total. The van der Waals surface area contributed by atoms with Gasteiger partial charge in [0.15, 0.2) is 0 Å². The van der Waals surface area contributed by atoms with Crippen LogP contribution in [0.5, 0.6) is 0 Å². The van der Waals surface area contributed by atoms with Gasteiger partial charge in [0.05, 0.1) is 5.69 Å². The molecule has 0 bridgehead atoms. The average molecular weight is 311 g/mol. The van der Waals surface area contributed by atoms with Gasteiger partial charge in [-0.05, 0) is 52.5 Å². The van der Waals surface area contributed by atoms with Crippen LogP contribution in [0.25, 0.3) is 0 Å². The van der Waals surface area contributed by atoms with Gasteiger partial charge in [-0.3, -0.25) is 0 Å². The Morgan fingerprint density at radius 3 is 2.86 bits per heavy atom. The maximum atomic E-state index is 5.87. The van der Waals surface area contributed by atoms with Crippen molar-refractivity contribution in [1.82, 2.24) is 10.3 Å². The van der Waals surface area contributed by atoms with Gasteiger partial charge in [0.1, 0.15) is 10.6 Å². The molecule has 2 rings (SSSR count). The molecule has 0 saturated heterocycles. The number of hydrogen-bond acceptors (Lipinski definition) is 4. The zero-order valence-electron chi connectivity index (χ0n) is 14.2. The minimum atomic E-state index is -0.257. The van der Waals surface area contributed by atoms with Crippen LogP contribution in [0.2, 0.25) is 0 Å². The molecule has 1 unspecified atom stereocenters. The Labute approximate surface area is 133 Å². The molecule has 1 aliphatic rings. The molecule has 0 aromatic carbocycles. The van der Waals surface area contributed by atoms with Gasteiger partial charge in [0, 0.05) is 23.9 Å². The van der Waals surface area contributed by atoms with E-state index in [1.54, 1.807) is 0 Å². The minimum Gasteiger partial charge on any atom is -0.369 e. The van der Waals surface area contributed by atoms with Crippen molar-refractivity contribution in [2.45, 2.75) is 65.4 Å². The zero-order valence-corrected chi connectivity index (χ0v) is 15.0. The highest BCUT2D eigenvalue weighted by molar-refractivity contribution is 7.11. The fraction of sp³-hybridized carbons (Fsp3) is 0.824. The third kappa shape index (κ3) is 4.27. The van der Waals surface area contributed by atoms with Gasteiger partial charge in [-0.15, -0.1) is 11.3 Å². The third-order valence-corrected chi connectivity index (χ3v) is 5.47. The van der Waals surface area contributed by atoms with Crippen molar-refractivity contribution < 1.29 is 4.74 Å². The quantitative estimate of drug-likeness (QED) is 0.824. The second-order valence-corrected chi connectivity index (χ2v) is 8.00. The molecule has 21 heavy (non-hydrogen) atoms. The van der Waals surface area contributed by atoms with Crippen LogP contribution in [-0.4, -0.2) is 24.7 Å². The van der Waals surface area contributed by atoms with Gasteiger partial charge in [-0.1, -0.05) is 13.8 Å². The monoisotopic (exact) mass is 310 g/mol. The lowest BCUT2D eigenvalue weighted by molar-refractivity contribution is -0.0142. The van der Waals surface area contributed by atoms with Gasteiger partial charge in [0.25, 0.3) is 0 Å². The third-order valence-electron chi connectivity index (χ3n) is 4.03. The minimum absolute atomic E-state index is 0.257. The Bertz CT molecular complexity index is 454. The van der Waals surface area contributed by atoms with Gasteiger partial charge in [-0.25, -0.2) is 4.98 Å². The number of rotatable bonds is 7. The summed E-state index contributed by atoms with van der Waals surface area (Å²) in [4.78, 5) is 6.46. The first kappa shape index (κ1) is 16.9. The van der Waals surface area contributed by atoms with Crippen molar-refractivity contribution in [2.75, 3.05) is 19.7 Å². The van der Waals surface area contributed by atoms with Crippen LogP contribution in [0.3, 0.4) is 0 Å². The van der Waals surface area contributed by atoms with Crippen LogP contribution >= 0.6 is 11.3 Å². The lowest BCUT2D eigenvalue weighted by atomic mass is 9.91. The van der Waals surface area contributed by atoms with E-state index in [4.69, 9.17) is 9.72 Å². The second-order valence-electron chi connectivity index (χ2n) is 6.91. The van der Waals surface area contributed by atoms with Crippen molar-refractivity contribution >= 4 is 11.3 Å². The molecule has 4 heteroatoms. The van der Waals surface area contributed by atoms with Gasteiger partial charge < -0.3 is 10.1 Å². The van der Waals surface area contributed by atoms with E-state index in [-0.39, 0.29) is 5.60 Å². The Balaban J connectivity index is 2.10. The van der Waals surface area contributed by atoms with Crippen LogP contribution < -0.4 is 5.32 Å². The summed E-state index contributed by atoms with van der Waals surface area (Å²) in [5, 5.41) is 4.75. The van der Waals surface area contributed by atoms with Crippen molar-refractivity contribution in [3.05, 3.63) is 15.6 Å². The summed E-state index contributed by atoms with van der Waals surface area (Å²) in [6, 6.07) is 0. The van der Waals surface area contributed by atoms with E-state index in [2.05, 4.69) is 33.0 Å². The molecule has 120 valence electrons. The topological polar surface area (TPSA) is 34.1 Å². The molecule has 0 radical (unpaired) electrons. The summed E-state index contributed by atoms with van der Waals surface area (Å²) in [6.07, 6.45) is 3.74. The molecule has 1 N–H and O–H groups in total. The molecular formula is C17H30N2OS. The van der Waals surface area contributed by atoms with Crippen molar-refractivity contribution in [3.63, 3.8) is 0 Å². The van der Waals surface area contributed by atoms with E-state index in [0.29, 0.717) is 11.8 Å². The van der Waals surface area contributed by atoms with E-state index in [1.807, 2.05) is 18.3 Å². The highest BCUT2D eigenvalue weighted by atomic mass is 32.1. The van der Waals surface area contributed by atoms with E-state index < -0.39 is 0 Å². The number of nitrogens with one attached hydrogen (secondary N) is 1. The highest BCUT2D eigenvalue weighted by Gasteiger charge is 2.30. The van der Waals surface area contributed by atoms with Gasteiger partial charge >= 0.3 is 0 Å². The molecule has 1 heterocycles. The van der Waals surface area contributed by atoms with E-state index in [9.17, 15) is 0 Å². The molecule has 1 atom stereocenters. The van der Waals surface area contributed by atoms with Gasteiger partial charge in [0.2, 0.25) is 0 Å². The molecule has 1 aromatic rings. The smallest absolute Gasteiger partial charge is 0.125 e. The lowest BCUT2D eigenvalue weighted by Crippen LogP contribution is -2.27. The first-order valence-corrected chi connectivity index (χ1v) is 9.10. The van der Waals surface area contributed by atoms with Crippen LogP contribution in [-0.2, 0) is 16.8 Å². The number of thiazole rings is 1. The number of aryl methyl sites for hydroxylation is 1. The number of ether oxygens (including phenoxy) is 1. The normalized spacial score (nSPS) is 19.0. The van der Waals surface area contributed by atoms with Crippen molar-refractivity contribution in [3.8, 4) is 0 Å². The summed E-state index contributed by atoms with van der Waals surface area (Å²) < 4.78 is 5.87. The largest absolute Gasteiger partial charge is 0.369 e. The molecule has 0 saturated carbocycles. The second kappa shape index (κ2) is 7.21. The van der Waals surface area contributed by atoms with Crippen LogP contribution in [0.15, 0.2) is 0 Å². The first-order valence-electron chi connectivity index (χ1n) is 8.28. The molecule has 0 spiro atoms. The maximum absolute atomic E-state index is 5.87. The number of fused-ring (bicyclic) bond motifs is 1. The lowest BCUT2D eigenvalue weighted by Gasteiger charge is -2.22. The SMILES string of the molecule is CCOC(C)(C)c1nc2c(s1)CCCC2CNCC(C)C. The molecule has 0 aliphatic heterocycles. The summed E-state index contributed by atoms with van der Waals surface area (Å²) in [5.74, 6) is 1.28. The predicted octanol–water partition coefficient (Wildman–Crippen LogP) is 4.08. The number of hydrogen-bond donors (Lipinski definition) is 1. The average Bonchev–Trinajstić information content (AvgIpc) is 2.84. The van der Waals surface area contributed by atoms with Gasteiger partial charge in [-0.2, -0.15) is 0 Å². The summed E-state index contributed by atoms with van der Waals surface area (Å²) in [5.41, 5.74) is 1.08. The fourth-order valence-electron chi connectivity index (χ4n) is 2.93. The van der Waals surface area contributed by atoms with Crippen LogP contribution in [0.1, 0.15) is 69.0 Å². The van der Waals surface area contributed by atoms with Crippen molar-refractivity contribution in [2.24, 2.45) is 5.92 Å². The van der Waals surface area contributed by atoms with Crippen LogP contribution in [0.4, 0.5) is 0 Å². The molecular weight excluding hydrogens is 280 g/mol. The highest BCUT2D eigenvalue weighted by Crippen LogP contribution is 2.38. The van der Waals surface area contributed by atoms with E-state index in [1.165, 1.54) is 29.8 Å². The molecule has 0 fully saturated rings. The Morgan fingerprint density at radius 1 is 1.43 bits per heavy atom. The summed E-state index contributed by atoms with van der Waals surface area (Å²) in [7, 11) is 0. The standard InChI is InChI=1S/C17H30N2OS/c1-6-20-17(4,5)16-19-15-13(11-18-10-12(2)3)8-7-9-14(15)21-16/h12-13,18H,6-11H2,1-5H3. The van der Waals surface area contributed by atoms with Crippen LogP contribution in [0, 0.1) is 5.92 Å². The van der Waals surface area contributed by atoms with Crippen molar-refractivity contribution in [1.29, 1.82) is 0 Å². The predicted molar refractivity (Wildman–Crippen MR) is 90.2 cm³/mol. The fourth-order valence-corrected chi connectivity index (χ4v) is 4.18. The first-order chi connectivity index (χ1) is 9.94. The Hall–Kier alpha value is -0.450. The molecule has 1 aliphatic carbocycles. The molecule has 1 aromatic heterocycles. The van der Waals surface area contributed by atoms with E-state index in [0.717, 1.165) is 24.7 Å². The number of aromatic nitrogens is 1. The summed E-state index contributed by atoms with van der Waals surface area (Å²) >= 11 is 1.86. The Morgan fingerprint density at radius 2 is 2.19 bits per heavy atom. The Kier molecular flexibility index (Phi) is 5.81. The molecule has 0 amide bonds. The maximum Gasteiger partial charge on any atom is 0.125 e. The zero-order chi connectivity index (χ0) is 15.5.